The van der Waals surface area contributed by atoms with Gasteiger partial charge in [0.15, 0.2) is 24.0 Å². The summed E-state index contributed by atoms with van der Waals surface area (Å²) in [6.07, 6.45) is 4.24. The van der Waals surface area contributed by atoms with Gasteiger partial charge in [-0.3, -0.25) is 4.79 Å². The molecule has 1 aromatic heterocycles. The number of para-hydroxylation sites is 2. The number of oxazole rings is 1. The lowest BCUT2D eigenvalue weighted by Crippen LogP contribution is -2.41. The molecule has 0 aliphatic carbocycles. The second-order valence-electron chi connectivity index (χ2n) is 7.59. The van der Waals surface area contributed by atoms with Crippen molar-refractivity contribution in [3.63, 3.8) is 0 Å². The molecule has 0 spiro atoms. The summed E-state index contributed by atoms with van der Waals surface area (Å²) in [6.45, 7) is 1.25. The number of carbonyl (C=O) groups is 1. The van der Waals surface area contributed by atoms with Crippen LogP contribution >= 0.6 is 11.6 Å². The number of benzene rings is 2. The van der Waals surface area contributed by atoms with Gasteiger partial charge >= 0.3 is 0 Å². The molecule has 0 N–H and O–H groups in total. The van der Waals surface area contributed by atoms with E-state index in [2.05, 4.69) is 4.98 Å². The van der Waals surface area contributed by atoms with Gasteiger partial charge in [0.25, 0.3) is 5.91 Å². The topological polar surface area (TPSA) is 64.8 Å². The molecule has 1 aliphatic heterocycles. The standard InChI is InChI=1S/C24H25ClN2O4/c1-29-21-9-2-3-10-22(21)30-16-23(28)27-11-5-7-18(15-27)24-26-14-20(31-24)13-17-6-4-8-19(25)12-17/h2-4,6,8-10,12,14,18H,5,7,11,13,15-16H2,1H3/t18-/m1/s1. The zero-order valence-corrected chi connectivity index (χ0v) is 18.2. The van der Waals surface area contributed by atoms with E-state index < -0.39 is 0 Å². The molecule has 3 aromatic rings. The lowest BCUT2D eigenvalue weighted by molar-refractivity contribution is -0.134. The van der Waals surface area contributed by atoms with E-state index in [1.165, 1.54) is 0 Å². The van der Waals surface area contributed by atoms with Crippen molar-refractivity contribution in [1.29, 1.82) is 0 Å². The van der Waals surface area contributed by atoms with E-state index in [1.54, 1.807) is 25.4 Å². The van der Waals surface area contributed by atoms with Crippen LogP contribution in [0.1, 0.15) is 36.0 Å². The molecule has 0 saturated carbocycles. The van der Waals surface area contributed by atoms with Crippen LogP contribution in [0.25, 0.3) is 0 Å². The minimum Gasteiger partial charge on any atom is -0.493 e. The Kier molecular flexibility index (Phi) is 6.77. The van der Waals surface area contributed by atoms with Gasteiger partial charge in [0.2, 0.25) is 0 Å². The molecule has 4 rings (SSSR count). The van der Waals surface area contributed by atoms with Crippen molar-refractivity contribution in [1.82, 2.24) is 9.88 Å². The Morgan fingerprint density at radius 1 is 1.23 bits per heavy atom. The SMILES string of the molecule is COc1ccccc1OCC(=O)N1CCC[C@@H](c2ncc(Cc3cccc(Cl)c3)o2)C1. The molecule has 7 heteroatoms. The van der Waals surface area contributed by atoms with Gasteiger partial charge in [0.05, 0.1) is 19.2 Å². The van der Waals surface area contributed by atoms with Crippen molar-refractivity contribution in [2.45, 2.75) is 25.2 Å². The van der Waals surface area contributed by atoms with Crippen LogP contribution in [0.15, 0.2) is 59.1 Å². The van der Waals surface area contributed by atoms with Crippen molar-refractivity contribution in [2.24, 2.45) is 0 Å². The minimum atomic E-state index is -0.0543. The fraction of sp³-hybridized carbons (Fsp3) is 0.333. The third-order valence-corrected chi connectivity index (χ3v) is 5.62. The number of piperidine rings is 1. The number of carbonyl (C=O) groups excluding carboxylic acids is 1. The average molecular weight is 441 g/mol. The van der Waals surface area contributed by atoms with E-state index in [1.807, 2.05) is 41.3 Å². The van der Waals surface area contributed by atoms with E-state index in [4.69, 9.17) is 25.5 Å². The molecule has 162 valence electrons. The number of hydrogen-bond acceptors (Lipinski definition) is 5. The Balaban J connectivity index is 1.35. The summed E-state index contributed by atoms with van der Waals surface area (Å²) in [5.74, 6) is 2.67. The third kappa shape index (κ3) is 5.39. The van der Waals surface area contributed by atoms with Gasteiger partial charge < -0.3 is 18.8 Å². The van der Waals surface area contributed by atoms with E-state index in [0.29, 0.717) is 41.9 Å². The predicted octanol–water partition coefficient (Wildman–Crippen LogP) is 4.71. The quantitative estimate of drug-likeness (QED) is 0.532. The molecule has 1 saturated heterocycles. The monoisotopic (exact) mass is 440 g/mol. The molecule has 2 heterocycles. The zero-order valence-electron chi connectivity index (χ0n) is 17.4. The second kappa shape index (κ2) is 9.88. The van der Waals surface area contributed by atoms with E-state index in [9.17, 15) is 4.79 Å². The number of methoxy groups -OCH3 is 1. The number of nitrogens with zero attached hydrogens (tertiary/aromatic N) is 2. The first-order valence-corrected chi connectivity index (χ1v) is 10.7. The number of ether oxygens (including phenoxy) is 2. The van der Waals surface area contributed by atoms with Crippen LogP contribution in [0.5, 0.6) is 11.5 Å². The van der Waals surface area contributed by atoms with Gasteiger partial charge in [-0.1, -0.05) is 35.9 Å². The van der Waals surface area contributed by atoms with Crippen LogP contribution in [0.4, 0.5) is 0 Å². The molecule has 1 amide bonds. The fourth-order valence-corrected chi connectivity index (χ4v) is 4.03. The average Bonchev–Trinajstić information content (AvgIpc) is 3.26. The molecule has 2 aromatic carbocycles. The highest BCUT2D eigenvalue weighted by Gasteiger charge is 2.28. The molecule has 31 heavy (non-hydrogen) atoms. The number of amides is 1. The Labute approximate surface area is 186 Å². The van der Waals surface area contributed by atoms with Crippen molar-refractivity contribution < 1.29 is 18.7 Å². The summed E-state index contributed by atoms with van der Waals surface area (Å²) >= 11 is 6.06. The normalized spacial score (nSPS) is 16.2. The zero-order chi connectivity index (χ0) is 21.6. The molecular formula is C24H25ClN2O4. The molecule has 1 atom stereocenters. The first kappa shape index (κ1) is 21.2. The maximum absolute atomic E-state index is 12.7. The molecule has 1 fully saturated rings. The van der Waals surface area contributed by atoms with Crippen LogP contribution in [0.3, 0.4) is 0 Å². The van der Waals surface area contributed by atoms with E-state index >= 15 is 0 Å². The van der Waals surface area contributed by atoms with Gasteiger partial charge in [-0.15, -0.1) is 0 Å². The maximum atomic E-state index is 12.7. The highest BCUT2D eigenvalue weighted by atomic mass is 35.5. The molecule has 0 unspecified atom stereocenters. The molecule has 0 bridgehead atoms. The van der Waals surface area contributed by atoms with Crippen LogP contribution in [0, 0.1) is 0 Å². The lowest BCUT2D eigenvalue weighted by atomic mass is 9.98. The van der Waals surface area contributed by atoms with Crippen LogP contribution < -0.4 is 9.47 Å². The first-order chi connectivity index (χ1) is 15.1. The second-order valence-corrected chi connectivity index (χ2v) is 8.03. The van der Waals surface area contributed by atoms with Gasteiger partial charge in [-0.05, 0) is 42.7 Å². The largest absolute Gasteiger partial charge is 0.493 e. The number of likely N-dealkylation sites (tertiary alicyclic amines) is 1. The van der Waals surface area contributed by atoms with Crippen LogP contribution in [-0.2, 0) is 11.2 Å². The van der Waals surface area contributed by atoms with Crippen molar-refractivity contribution in [3.8, 4) is 11.5 Å². The van der Waals surface area contributed by atoms with Gasteiger partial charge in [-0.2, -0.15) is 0 Å². The Hall–Kier alpha value is -2.99. The Morgan fingerprint density at radius 2 is 2.06 bits per heavy atom. The third-order valence-electron chi connectivity index (χ3n) is 5.38. The van der Waals surface area contributed by atoms with Gasteiger partial charge in [0.1, 0.15) is 5.76 Å². The van der Waals surface area contributed by atoms with E-state index in [0.717, 1.165) is 24.2 Å². The number of rotatable bonds is 7. The minimum absolute atomic E-state index is 0.0291. The Morgan fingerprint density at radius 3 is 2.87 bits per heavy atom. The number of hydrogen-bond donors (Lipinski definition) is 0. The van der Waals surface area contributed by atoms with Crippen LogP contribution in [-0.4, -0.2) is 42.6 Å². The first-order valence-electron chi connectivity index (χ1n) is 10.3. The number of halogens is 1. The highest BCUT2D eigenvalue weighted by molar-refractivity contribution is 6.30. The van der Waals surface area contributed by atoms with Crippen molar-refractivity contribution in [2.75, 3.05) is 26.8 Å². The van der Waals surface area contributed by atoms with Crippen LogP contribution in [0.2, 0.25) is 5.02 Å². The maximum Gasteiger partial charge on any atom is 0.260 e. The van der Waals surface area contributed by atoms with Crippen molar-refractivity contribution in [3.05, 3.63) is 77.0 Å². The summed E-state index contributed by atoms with van der Waals surface area (Å²) in [5.41, 5.74) is 1.07. The Bertz CT molecular complexity index is 1040. The number of aromatic nitrogens is 1. The summed E-state index contributed by atoms with van der Waals surface area (Å²) in [4.78, 5) is 19.0. The molecule has 0 radical (unpaired) electrons. The van der Waals surface area contributed by atoms with Gasteiger partial charge in [0, 0.05) is 24.5 Å². The van der Waals surface area contributed by atoms with E-state index in [-0.39, 0.29) is 18.4 Å². The highest BCUT2D eigenvalue weighted by Crippen LogP contribution is 2.29. The fourth-order valence-electron chi connectivity index (χ4n) is 3.82. The summed E-state index contributed by atoms with van der Waals surface area (Å²) in [7, 11) is 1.58. The van der Waals surface area contributed by atoms with Gasteiger partial charge in [-0.25, -0.2) is 4.98 Å². The van der Waals surface area contributed by atoms with Crippen molar-refractivity contribution >= 4 is 17.5 Å². The lowest BCUT2D eigenvalue weighted by Gasteiger charge is -2.31. The molecular weight excluding hydrogens is 416 g/mol. The predicted molar refractivity (Wildman–Crippen MR) is 118 cm³/mol. The summed E-state index contributed by atoms with van der Waals surface area (Å²) < 4.78 is 17.0. The summed E-state index contributed by atoms with van der Waals surface area (Å²) in [5, 5.41) is 0.703. The molecule has 6 nitrogen and oxygen atoms in total. The smallest absolute Gasteiger partial charge is 0.260 e. The summed E-state index contributed by atoms with van der Waals surface area (Å²) in [6, 6.07) is 15.0. The molecule has 1 aliphatic rings.